The first-order chi connectivity index (χ1) is 17.2. The van der Waals surface area contributed by atoms with Gasteiger partial charge in [-0.25, -0.2) is 0 Å². The van der Waals surface area contributed by atoms with Crippen molar-refractivity contribution in [3.8, 4) is 11.5 Å². The summed E-state index contributed by atoms with van der Waals surface area (Å²) in [7, 11) is 1.39. The minimum atomic E-state index is -5.05. The number of methoxy groups -OCH3 is 1. The number of ether oxygens (including phenoxy) is 3. The van der Waals surface area contributed by atoms with Gasteiger partial charge < -0.3 is 9.47 Å². The molecule has 0 saturated carbocycles. The SMILES string of the molecule is COc1ccc(OC(F)(F)C(F)(F)OC(c2ccccc2)(c2ccccc2)c2ccccc2C)cc1. The van der Waals surface area contributed by atoms with Crippen molar-refractivity contribution in [2.45, 2.75) is 24.7 Å². The van der Waals surface area contributed by atoms with Gasteiger partial charge in [-0.15, -0.1) is 0 Å². The smallest absolute Gasteiger partial charge is 0.494 e. The predicted molar refractivity (Wildman–Crippen MR) is 129 cm³/mol. The van der Waals surface area contributed by atoms with Gasteiger partial charge in [-0.3, -0.25) is 4.74 Å². The van der Waals surface area contributed by atoms with Crippen LogP contribution >= 0.6 is 0 Å². The van der Waals surface area contributed by atoms with Crippen LogP contribution in [0.2, 0.25) is 0 Å². The van der Waals surface area contributed by atoms with Crippen molar-refractivity contribution in [3.05, 3.63) is 131 Å². The lowest BCUT2D eigenvalue weighted by Crippen LogP contribution is -2.52. The molecule has 7 heteroatoms. The Balaban J connectivity index is 1.87. The van der Waals surface area contributed by atoms with Crippen molar-refractivity contribution in [1.82, 2.24) is 0 Å². The first-order valence-corrected chi connectivity index (χ1v) is 11.2. The number of alkyl halides is 4. The molecule has 4 aromatic rings. The van der Waals surface area contributed by atoms with Crippen LogP contribution in [0.25, 0.3) is 0 Å². The lowest BCUT2D eigenvalue weighted by atomic mass is 9.78. The van der Waals surface area contributed by atoms with Crippen molar-refractivity contribution in [2.75, 3.05) is 7.11 Å². The van der Waals surface area contributed by atoms with E-state index in [9.17, 15) is 0 Å². The predicted octanol–water partition coefficient (Wildman–Crippen LogP) is 7.58. The monoisotopic (exact) mass is 496 g/mol. The van der Waals surface area contributed by atoms with Gasteiger partial charge in [0.25, 0.3) is 0 Å². The zero-order valence-electron chi connectivity index (χ0n) is 19.6. The van der Waals surface area contributed by atoms with E-state index < -0.39 is 23.6 Å². The first-order valence-electron chi connectivity index (χ1n) is 11.2. The van der Waals surface area contributed by atoms with Gasteiger partial charge >= 0.3 is 12.2 Å². The van der Waals surface area contributed by atoms with E-state index in [4.69, 9.17) is 9.47 Å². The van der Waals surface area contributed by atoms with E-state index in [1.165, 1.54) is 19.2 Å². The molecule has 0 aromatic heterocycles. The van der Waals surface area contributed by atoms with Crippen LogP contribution in [0.3, 0.4) is 0 Å². The number of halogens is 4. The molecule has 0 unspecified atom stereocenters. The second-order valence-corrected chi connectivity index (χ2v) is 8.14. The largest absolute Gasteiger partial charge is 0.497 e. The molecule has 4 aromatic carbocycles. The van der Waals surface area contributed by atoms with Crippen molar-refractivity contribution < 1.29 is 31.8 Å². The summed E-state index contributed by atoms with van der Waals surface area (Å²) in [5, 5.41) is 0. The zero-order valence-corrected chi connectivity index (χ0v) is 19.6. The maximum atomic E-state index is 15.6. The van der Waals surface area contributed by atoms with Crippen LogP contribution in [0.15, 0.2) is 109 Å². The molecular formula is C29H24F4O3. The summed E-state index contributed by atoms with van der Waals surface area (Å²) >= 11 is 0. The molecule has 0 aliphatic heterocycles. The molecule has 0 aliphatic rings. The van der Waals surface area contributed by atoms with Gasteiger partial charge in [-0.05, 0) is 53.4 Å². The molecule has 0 fully saturated rings. The Bertz CT molecular complexity index is 1240. The Morgan fingerprint density at radius 1 is 0.556 bits per heavy atom. The van der Waals surface area contributed by atoms with Gasteiger partial charge in [0, 0.05) is 0 Å². The quantitative estimate of drug-likeness (QED) is 0.177. The van der Waals surface area contributed by atoms with E-state index in [0.717, 1.165) is 12.1 Å². The van der Waals surface area contributed by atoms with E-state index in [-0.39, 0.29) is 11.1 Å². The highest BCUT2D eigenvalue weighted by Crippen LogP contribution is 2.49. The van der Waals surface area contributed by atoms with Gasteiger partial charge in [0.05, 0.1) is 7.11 Å². The maximum Gasteiger partial charge on any atom is 0.494 e. The summed E-state index contributed by atoms with van der Waals surface area (Å²) in [4.78, 5) is 0. The molecule has 0 heterocycles. The molecular weight excluding hydrogens is 472 g/mol. The summed E-state index contributed by atoms with van der Waals surface area (Å²) in [6.07, 6.45) is -10.1. The van der Waals surface area contributed by atoms with Crippen molar-refractivity contribution >= 4 is 0 Å². The Hall–Kier alpha value is -3.84. The fourth-order valence-electron chi connectivity index (χ4n) is 4.07. The minimum Gasteiger partial charge on any atom is -0.497 e. The highest BCUT2D eigenvalue weighted by Gasteiger charge is 2.65. The Labute approximate surface area is 206 Å². The van der Waals surface area contributed by atoms with E-state index in [2.05, 4.69) is 4.74 Å². The van der Waals surface area contributed by atoms with Crippen LogP contribution in [0.5, 0.6) is 11.5 Å². The molecule has 0 radical (unpaired) electrons. The molecule has 186 valence electrons. The highest BCUT2D eigenvalue weighted by atomic mass is 19.3. The van der Waals surface area contributed by atoms with E-state index >= 15 is 17.6 Å². The van der Waals surface area contributed by atoms with Crippen molar-refractivity contribution in [3.63, 3.8) is 0 Å². The standard InChI is InChI=1S/C29H24F4O3/c1-21-11-9-10-16-26(21)27(22-12-5-3-6-13-22,23-14-7-4-8-15-23)36-29(32,33)28(30,31)35-25-19-17-24(34-2)18-20-25/h3-20H,1-2H3. The lowest BCUT2D eigenvalue weighted by Gasteiger charge is -2.40. The van der Waals surface area contributed by atoms with Gasteiger partial charge in [-0.2, -0.15) is 17.6 Å². The first kappa shape index (κ1) is 25.3. The van der Waals surface area contributed by atoms with Gasteiger partial charge in [0.2, 0.25) is 0 Å². The molecule has 0 aliphatic carbocycles. The molecule has 0 atom stereocenters. The summed E-state index contributed by atoms with van der Waals surface area (Å²) in [5.41, 5.74) is -0.692. The highest BCUT2D eigenvalue weighted by molar-refractivity contribution is 5.50. The zero-order chi connectivity index (χ0) is 25.8. The van der Waals surface area contributed by atoms with Crippen LogP contribution in [0.4, 0.5) is 17.6 Å². The number of hydrogen-bond acceptors (Lipinski definition) is 3. The Morgan fingerprint density at radius 2 is 1.03 bits per heavy atom. The van der Waals surface area contributed by atoms with Crippen LogP contribution < -0.4 is 9.47 Å². The van der Waals surface area contributed by atoms with Crippen LogP contribution in [-0.4, -0.2) is 19.3 Å². The third kappa shape index (κ3) is 4.79. The number of rotatable bonds is 9. The lowest BCUT2D eigenvalue weighted by molar-refractivity contribution is -0.425. The van der Waals surface area contributed by atoms with Gasteiger partial charge in [0.1, 0.15) is 11.5 Å². The number of benzene rings is 4. The molecule has 0 saturated heterocycles. The van der Waals surface area contributed by atoms with Gasteiger partial charge in [-0.1, -0.05) is 84.9 Å². The normalized spacial score (nSPS) is 12.3. The summed E-state index contributed by atoms with van der Waals surface area (Å²) in [6.45, 7) is 1.71. The molecule has 0 amide bonds. The number of aryl methyl sites for hydroxylation is 1. The van der Waals surface area contributed by atoms with E-state index in [0.29, 0.717) is 16.9 Å². The minimum absolute atomic E-state index is 0.255. The molecule has 0 bridgehead atoms. The van der Waals surface area contributed by atoms with Crippen LogP contribution in [0.1, 0.15) is 22.3 Å². The molecule has 4 rings (SSSR count). The summed E-state index contributed by atoms with van der Waals surface area (Å²) in [6, 6.07) is 27.8. The average Bonchev–Trinajstić information content (AvgIpc) is 2.89. The Morgan fingerprint density at radius 3 is 1.53 bits per heavy atom. The molecule has 0 N–H and O–H groups in total. The van der Waals surface area contributed by atoms with Gasteiger partial charge in [0.15, 0.2) is 5.60 Å². The fraction of sp³-hybridized carbons (Fsp3) is 0.172. The molecule has 3 nitrogen and oxygen atoms in total. The number of hydrogen-bond donors (Lipinski definition) is 0. The summed E-state index contributed by atoms with van der Waals surface area (Å²) < 4.78 is 76.2. The second-order valence-electron chi connectivity index (χ2n) is 8.14. The topological polar surface area (TPSA) is 27.7 Å². The Kier molecular flexibility index (Phi) is 7.04. The van der Waals surface area contributed by atoms with Crippen molar-refractivity contribution in [1.29, 1.82) is 0 Å². The third-order valence-electron chi connectivity index (χ3n) is 5.81. The van der Waals surface area contributed by atoms with E-state index in [1.54, 1.807) is 91.9 Å². The maximum absolute atomic E-state index is 15.6. The van der Waals surface area contributed by atoms with Crippen LogP contribution in [-0.2, 0) is 10.3 Å². The third-order valence-corrected chi connectivity index (χ3v) is 5.81. The second kappa shape index (κ2) is 10.0. The fourth-order valence-corrected chi connectivity index (χ4v) is 4.07. The summed E-state index contributed by atoms with van der Waals surface area (Å²) in [5.74, 6) is -0.106. The molecule has 36 heavy (non-hydrogen) atoms. The van der Waals surface area contributed by atoms with Crippen molar-refractivity contribution in [2.24, 2.45) is 0 Å². The van der Waals surface area contributed by atoms with E-state index in [1.807, 2.05) is 0 Å². The molecule has 0 spiro atoms. The average molecular weight is 497 g/mol. The van der Waals surface area contributed by atoms with Crippen LogP contribution in [0, 0.1) is 6.92 Å².